The number of nitrogens with zero attached hydrogens (tertiary/aromatic N) is 3. The summed E-state index contributed by atoms with van der Waals surface area (Å²) in [4.78, 5) is 3.99. The minimum atomic E-state index is 0.354. The van der Waals surface area contributed by atoms with Gasteiger partial charge in [0, 0.05) is 29.3 Å². The third-order valence-electron chi connectivity index (χ3n) is 2.04. The summed E-state index contributed by atoms with van der Waals surface area (Å²) >= 11 is 3.32. The van der Waals surface area contributed by atoms with Crippen molar-refractivity contribution in [3.05, 3.63) is 29.0 Å². The highest BCUT2D eigenvalue weighted by atomic mass is 79.9. The summed E-state index contributed by atoms with van der Waals surface area (Å²) < 4.78 is 8.19. The summed E-state index contributed by atoms with van der Waals surface area (Å²) in [5.74, 6) is 1.52. The van der Waals surface area contributed by atoms with E-state index in [9.17, 15) is 0 Å². The maximum absolute atomic E-state index is 5.71. The van der Waals surface area contributed by atoms with Gasteiger partial charge in [0.25, 0.3) is 0 Å². The molecule has 0 fully saturated rings. The molecule has 0 saturated heterocycles. The van der Waals surface area contributed by atoms with Crippen molar-refractivity contribution in [2.75, 3.05) is 5.73 Å². The van der Waals surface area contributed by atoms with Crippen molar-refractivity contribution in [3.63, 3.8) is 0 Å². The molecule has 2 heterocycles. The first kappa shape index (κ1) is 10.9. The van der Waals surface area contributed by atoms with Gasteiger partial charge in [0.05, 0.1) is 6.20 Å². The lowest BCUT2D eigenvalue weighted by atomic mass is 10.4. The van der Waals surface area contributed by atoms with Crippen LogP contribution in [-0.2, 0) is 6.54 Å². The second-order valence-electron chi connectivity index (χ2n) is 3.12. The number of anilines is 1. The van der Waals surface area contributed by atoms with Gasteiger partial charge in [0.1, 0.15) is 0 Å². The summed E-state index contributed by atoms with van der Waals surface area (Å²) in [6.45, 7) is 2.73. The van der Waals surface area contributed by atoms with Gasteiger partial charge in [-0.3, -0.25) is 0 Å². The Balaban J connectivity index is 2.30. The first-order valence-electron chi connectivity index (χ1n) is 4.81. The number of halogens is 1. The Hall–Kier alpha value is -1.56. The van der Waals surface area contributed by atoms with Crippen LogP contribution in [0.3, 0.4) is 0 Å². The van der Waals surface area contributed by atoms with Crippen molar-refractivity contribution >= 4 is 21.7 Å². The summed E-state index contributed by atoms with van der Waals surface area (Å²) in [5.41, 5.74) is 5.71. The van der Waals surface area contributed by atoms with E-state index >= 15 is 0 Å². The number of hydrogen-bond donors (Lipinski definition) is 1. The molecule has 0 spiro atoms. The van der Waals surface area contributed by atoms with Gasteiger partial charge >= 0.3 is 0 Å². The second-order valence-corrected chi connectivity index (χ2v) is 4.04. The van der Waals surface area contributed by atoms with Crippen LogP contribution in [0, 0.1) is 0 Å². The van der Waals surface area contributed by atoms with Crippen LogP contribution in [0.2, 0.25) is 0 Å². The average molecular weight is 283 g/mol. The van der Waals surface area contributed by atoms with Crippen molar-refractivity contribution in [2.24, 2.45) is 0 Å². The zero-order chi connectivity index (χ0) is 11.5. The highest BCUT2D eigenvalue weighted by Gasteiger charge is 2.07. The Morgan fingerprint density at radius 1 is 1.56 bits per heavy atom. The molecule has 0 bridgehead atoms. The van der Waals surface area contributed by atoms with Crippen molar-refractivity contribution in [1.82, 2.24) is 14.8 Å². The quantitative estimate of drug-likeness (QED) is 0.939. The number of rotatable bonds is 3. The number of aromatic nitrogens is 3. The minimum absolute atomic E-state index is 0.354. The average Bonchev–Trinajstić information content (AvgIpc) is 2.71. The third-order valence-corrected chi connectivity index (χ3v) is 2.47. The molecule has 0 radical (unpaired) electrons. The fourth-order valence-corrected chi connectivity index (χ4v) is 1.58. The van der Waals surface area contributed by atoms with Crippen LogP contribution >= 0.6 is 15.9 Å². The number of nitrogens with two attached hydrogens (primary N) is 1. The molecular weight excluding hydrogens is 272 g/mol. The van der Waals surface area contributed by atoms with Gasteiger partial charge in [-0.1, -0.05) is 0 Å². The highest BCUT2D eigenvalue weighted by Crippen LogP contribution is 2.28. The van der Waals surface area contributed by atoms with Crippen molar-refractivity contribution < 1.29 is 4.74 Å². The zero-order valence-corrected chi connectivity index (χ0v) is 10.3. The predicted octanol–water partition coefficient (Wildman–Crippen LogP) is 2.43. The van der Waals surface area contributed by atoms with E-state index < -0.39 is 0 Å². The molecule has 0 aromatic carbocycles. The van der Waals surface area contributed by atoms with Crippen LogP contribution in [0.15, 0.2) is 29.0 Å². The van der Waals surface area contributed by atoms with Gasteiger partial charge in [0.15, 0.2) is 11.6 Å². The Labute approximate surface area is 101 Å². The van der Waals surface area contributed by atoms with Gasteiger partial charge in [-0.05, 0) is 22.9 Å². The van der Waals surface area contributed by atoms with Crippen molar-refractivity contribution in [3.8, 4) is 11.6 Å². The van der Waals surface area contributed by atoms with Gasteiger partial charge in [-0.25, -0.2) is 9.67 Å². The lowest BCUT2D eigenvalue weighted by Crippen LogP contribution is -2.01. The van der Waals surface area contributed by atoms with E-state index in [1.807, 2.05) is 6.92 Å². The van der Waals surface area contributed by atoms with E-state index in [4.69, 9.17) is 10.5 Å². The molecule has 0 aliphatic carbocycles. The predicted molar refractivity (Wildman–Crippen MR) is 64.3 cm³/mol. The molecule has 0 amide bonds. The summed E-state index contributed by atoms with van der Waals surface area (Å²) in [6.07, 6.45) is 3.31. The number of aryl methyl sites for hydroxylation is 1. The van der Waals surface area contributed by atoms with E-state index in [2.05, 4.69) is 26.0 Å². The molecule has 0 aliphatic rings. The van der Waals surface area contributed by atoms with Gasteiger partial charge in [-0.2, -0.15) is 5.10 Å². The molecule has 2 rings (SSSR count). The normalized spacial score (nSPS) is 10.4. The topological polar surface area (TPSA) is 66.0 Å². The molecule has 2 aromatic rings. The Morgan fingerprint density at radius 3 is 3.12 bits per heavy atom. The molecule has 5 nitrogen and oxygen atoms in total. The standard InChI is InChI=1S/C10H11BrN4O/c1-2-15-9(3-4-14-15)16-8-5-7(11)6-13-10(8)12/h3-6H,2H2,1H3,(H2,12,13). The van der Waals surface area contributed by atoms with Crippen LogP contribution < -0.4 is 10.5 Å². The van der Waals surface area contributed by atoms with E-state index in [1.54, 1.807) is 29.2 Å². The van der Waals surface area contributed by atoms with Crippen molar-refractivity contribution in [1.29, 1.82) is 0 Å². The Kier molecular flexibility index (Phi) is 3.09. The SMILES string of the molecule is CCn1nccc1Oc1cc(Br)cnc1N. The van der Waals surface area contributed by atoms with Crippen LogP contribution in [0.25, 0.3) is 0 Å². The molecule has 84 valence electrons. The number of nitrogen functional groups attached to an aromatic ring is 1. The number of pyridine rings is 1. The number of hydrogen-bond acceptors (Lipinski definition) is 4. The van der Waals surface area contributed by atoms with Gasteiger partial charge in [0.2, 0.25) is 5.88 Å². The molecule has 0 unspecified atom stereocenters. The fraction of sp³-hybridized carbons (Fsp3) is 0.200. The summed E-state index contributed by atoms with van der Waals surface area (Å²) in [5, 5.41) is 4.10. The Morgan fingerprint density at radius 2 is 2.38 bits per heavy atom. The molecule has 0 aliphatic heterocycles. The van der Waals surface area contributed by atoms with Crippen LogP contribution in [0.4, 0.5) is 5.82 Å². The summed E-state index contributed by atoms with van der Waals surface area (Å²) in [6, 6.07) is 3.55. The van der Waals surface area contributed by atoms with E-state index in [0.717, 1.165) is 11.0 Å². The molecule has 6 heteroatoms. The Bertz CT molecular complexity index is 497. The first-order chi connectivity index (χ1) is 7.70. The molecule has 2 N–H and O–H groups in total. The third kappa shape index (κ3) is 2.16. The van der Waals surface area contributed by atoms with E-state index in [1.165, 1.54) is 0 Å². The van der Waals surface area contributed by atoms with Crippen LogP contribution in [-0.4, -0.2) is 14.8 Å². The van der Waals surface area contributed by atoms with Crippen LogP contribution in [0.1, 0.15) is 6.92 Å². The second kappa shape index (κ2) is 4.52. The lowest BCUT2D eigenvalue weighted by molar-refractivity contribution is 0.417. The van der Waals surface area contributed by atoms with Gasteiger partial charge < -0.3 is 10.5 Å². The molecule has 16 heavy (non-hydrogen) atoms. The number of ether oxygens (including phenoxy) is 1. The van der Waals surface area contributed by atoms with Crippen LogP contribution in [0.5, 0.6) is 11.6 Å². The van der Waals surface area contributed by atoms with E-state index in [0.29, 0.717) is 17.4 Å². The summed E-state index contributed by atoms with van der Waals surface area (Å²) in [7, 11) is 0. The maximum Gasteiger partial charge on any atom is 0.217 e. The van der Waals surface area contributed by atoms with Gasteiger partial charge in [-0.15, -0.1) is 0 Å². The minimum Gasteiger partial charge on any atom is -0.435 e. The molecule has 2 aromatic heterocycles. The molecule has 0 atom stereocenters. The maximum atomic E-state index is 5.71. The lowest BCUT2D eigenvalue weighted by Gasteiger charge is -2.08. The molecular formula is C10H11BrN4O. The highest BCUT2D eigenvalue weighted by molar-refractivity contribution is 9.10. The first-order valence-corrected chi connectivity index (χ1v) is 5.60. The smallest absolute Gasteiger partial charge is 0.217 e. The monoisotopic (exact) mass is 282 g/mol. The fourth-order valence-electron chi connectivity index (χ4n) is 1.27. The largest absolute Gasteiger partial charge is 0.435 e. The zero-order valence-electron chi connectivity index (χ0n) is 8.72. The van der Waals surface area contributed by atoms with Crippen molar-refractivity contribution in [2.45, 2.75) is 13.5 Å². The molecule has 0 saturated carbocycles. The van der Waals surface area contributed by atoms with E-state index in [-0.39, 0.29) is 0 Å².